The summed E-state index contributed by atoms with van der Waals surface area (Å²) in [7, 11) is -9.92. The molecule has 0 heterocycles. The number of carbonyl (C=O) groups excluding carboxylic acids is 4. The van der Waals surface area contributed by atoms with Crippen LogP contribution in [-0.4, -0.2) is 96.7 Å². The van der Waals surface area contributed by atoms with Gasteiger partial charge in [0.1, 0.15) is 19.3 Å². The molecule has 0 rings (SSSR count). The van der Waals surface area contributed by atoms with E-state index in [1.165, 1.54) is 250 Å². The third kappa shape index (κ3) is 76.1. The zero-order valence-corrected chi connectivity index (χ0v) is 68.0. The predicted molar refractivity (Wildman–Crippen MR) is 414 cm³/mol. The molecule has 600 valence electrons. The number of phosphoric acid groups is 2. The van der Waals surface area contributed by atoms with Gasteiger partial charge in [0, 0.05) is 25.7 Å². The van der Waals surface area contributed by atoms with Crippen LogP contribution in [0.2, 0.25) is 0 Å². The Morgan fingerprint density at radius 1 is 0.267 bits per heavy atom. The second kappa shape index (κ2) is 73.6. The first-order valence-electron chi connectivity index (χ1n) is 42.5. The van der Waals surface area contributed by atoms with E-state index in [0.29, 0.717) is 25.7 Å². The van der Waals surface area contributed by atoms with Crippen LogP contribution in [-0.2, 0) is 65.4 Å². The number of unbranched alkanes of at least 4 members (excludes halogenated alkanes) is 51. The van der Waals surface area contributed by atoms with Crippen molar-refractivity contribution in [3.63, 3.8) is 0 Å². The highest BCUT2D eigenvalue weighted by atomic mass is 31.2. The van der Waals surface area contributed by atoms with Crippen molar-refractivity contribution in [3.05, 3.63) is 0 Å². The zero-order valence-electron chi connectivity index (χ0n) is 66.2. The maximum absolute atomic E-state index is 13.1. The van der Waals surface area contributed by atoms with Crippen LogP contribution in [0.3, 0.4) is 0 Å². The van der Waals surface area contributed by atoms with E-state index < -0.39 is 97.5 Å². The van der Waals surface area contributed by atoms with Crippen molar-refractivity contribution < 1.29 is 80.2 Å². The number of esters is 4. The highest BCUT2D eigenvalue weighted by Gasteiger charge is 2.30. The van der Waals surface area contributed by atoms with E-state index in [2.05, 4.69) is 41.5 Å². The molecular formula is C82H160O17P2. The summed E-state index contributed by atoms with van der Waals surface area (Å²) in [4.78, 5) is 73.1. The van der Waals surface area contributed by atoms with E-state index in [0.717, 1.165) is 102 Å². The SMILES string of the molecule is CCCCCCCCCCCCCCCCCCCCCCCC(=O)O[C@H](COC(=O)CCCCCCCCCCCCCCC(C)C)COP(=O)(O)OC[C@@H](O)COP(=O)(O)OC[C@@H](COC(=O)CCCCCCCCCCCC(C)C)OC(=O)CCCCCCCCCCCCCCC. The van der Waals surface area contributed by atoms with Gasteiger partial charge in [-0.25, -0.2) is 9.13 Å². The van der Waals surface area contributed by atoms with Crippen molar-refractivity contribution in [1.82, 2.24) is 0 Å². The van der Waals surface area contributed by atoms with E-state index in [-0.39, 0.29) is 25.7 Å². The molecule has 0 aliphatic heterocycles. The van der Waals surface area contributed by atoms with Gasteiger partial charge in [0.05, 0.1) is 26.4 Å². The van der Waals surface area contributed by atoms with Crippen molar-refractivity contribution in [1.29, 1.82) is 0 Å². The molecule has 0 fully saturated rings. The molecule has 101 heavy (non-hydrogen) atoms. The normalized spacial score (nSPS) is 13.9. The fourth-order valence-corrected chi connectivity index (χ4v) is 14.3. The standard InChI is InChI=1S/C82H160O17P2/c1-7-9-11-13-15-17-19-21-22-23-24-25-26-27-28-30-36-42-49-55-61-67-82(87)98-77(70-92-79(84)64-58-52-46-40-34-32-31-33-38-44-50-56-62-74(3)4)72-96-100(88,89)94-68-76(83)69-95-101(90,91)97-73-78(71-93-80(85)65-59-53-47-43-37-39-45-51-57-63-75(5)6)99-81(86)66-60-54-48-41-35-29-20-18-16-14-12-10-8-2/h74-78,83H,7-73H2,1-6H3,(H,88,89)(H,90,91)/t76-,77-,78-/m1/s1. The molecule has 19 heteroatoms. The smallest absolute Gasteiger partial charge is 0.462 e. The van der Waals surface area contributed by atoms with E-state index in [1.807, 2.05) is 0 Å². The van der Waals surface area contributed by atoms with Crippen LogP contribution in [0.1, 0.15) is 433 Å². The summed E-state index contributed by atoms with van der Waals surface area (Å²) in [6.45, 7) is 9.64. The van der Waals surface area contributed by atoms with Crippen LogP contribution in [0, 0.1) is 11.8 Å². The first kappa shape index (κ1) is 99.1. The molecule has 0 bridgehead atoms. The largest absolute Gasteiger partial charge is 0.472 e. The van der Waals surface area contributed by atoms with Gasteiger partial charge in [0.25, 0.3) is 0 Å². The monoisotopic (exact) mass is 1480 g/mol. The number of phosphoric ester groups is 2. The number of hydrogen-bond acceptors (Lipinski definition) is 15. The molecule has 5 atom stereocenters. The first-order chi connectivity index (χ1) is 48.9. The third-order valence-electron chi connectivity index (χ3n) is 19.2. The minimum absolute atomic E-state index is 0.107. The van der Waals surface area contributed by atoms with E-state index in [1.54, 1.807) is 0 Å². The molecule has 0 amide bonds. The Bertz CT molecular complexity index is 1940. The van der Waals surface area contributed by atoms with Crippen molar-refractivity contribution >= 4 is 39.5 Å². The van der Waals surface area contributed by atoms with Crippen molar-refractivity contribution in [2.24, 2.45) is 11.8 Å². The van der Waals surface area contributed by atoms with Crippen LogP contribution >= 0.6 is 15.6 Å². The molecule has 3 N–H and O–H groups in total. The lowest BCUT2D eigenvalue weighted by atomic mass is 10.0. The second-order valence-electron chi connectivity index (χ2n) is 30.5. The second-order valence-corrected chi connectivity index (χ2v) is 33.4. The average molecular weight is 1480 g/mol. The molecule has 0 saturated carbocycles. The Labute approximate surface area is 619 Å². The summed E-state index contributed by atoms with van der Waals surface area (Å²) in [5.41, 5.74) is 0. The number of aliphatic hydroxyl groups excluding tert-OH is 1. The van der Waals surface area contributed by atoms with Crippen LogP contribution < -0.4 is 0 Å². The Morgan fingerprint density at radius 2 is 0.455 bits per heavy atom. The third-order valence-corrected chi connectivity index (χ3v) is 21.1. The summed E-state index contributed by atoms with van der Waals surface area (Å²) in [6.07, 6.45) is 63.8. The molecule has 0 aromatic heterocycles. The van der Waals surface area contributed by atoms with E-state index >= 15 is 0 Å². The molecule has 0 radical (unpaired) electrons. The average Bonchev–Trinajstić information content (AvgIpc) is 1.14. The van der Waals surface area contributed by atoms with Gasteiger partial charge in [0.15, 0.2) is 12.2 Å². The molecule has 0 aromatic rings. The van der Waals surface area contributed by atoms with Gasteiger partial charge in [-0.15, -0.1) is 0 Å². The Morgan fingerprint density at radius 3 is 0.673 bits per heavy atom. The first-order valence-corrected chi connectivity index (χ1v) is 45.5. The van der Waals surface area contributed by atoms with Crippen molar-refractivity contribution in [2.45, 2.75) is 452 Å². The number of ether oxygens (including phenoxy) is 4. The molecule has 0 spiro atoms. The lowest BCUT2D eigenvalue weighted by molar-refractivity contribution is -0.161. The summed E-state index contributed by atoms with van der Waals surface area (Å²) < 4.78 is 68.8. The highest BCUT2D eigenvalue weighted by molar-refractivity contribution is 7.47. The molecule has 0 saturated heterocycles. The van der Waals surface area contributed by atoms with Gasteiger partial charge in [0.2, 0.25) is 0 Å². The molecule has 2 unspecified atom stereocenters. The lowest BCUT2D eigenvalue weighted by Crippen LogP contribution is -2.30. The summed E-state index contributed by atoms with van der Waals surface area (Å²) in [5.74, 6) is -0.581. The number of hydrogen-bond donors (Lipinski definition) is 3. The maximum Gasteiger partial charge on any atom is 0.472 e. The van der Waals surface area contributed by atoms with Crippen molar-refractivity contribution in [3.8, 4) is 0 Å². The topological polar surface area (TPSA) is 237 Å². The summed E-state index contributed by atoms with van der Waals surface area (Å²) in [5, 5.41) is 10.6. The maximum atomic E-state index is 13.1. The lowest BCUT2D eigenvalue weighted by Gasteiger charge is -2.21. The summed E-state index contributed by atoms with van der Waals surface area (Å²) >= 11 is 0. The van der Waals surface area contributed by atoms with Gasteiger partial charge in [-0.05, 0) is 37.5 Å². The van der Waals surface area contributed by atoms with Gasteiger partial charge < -0.3 is 33.8 Å². The molecule has 0 aliphatic rings. The highest BCUT2D eigenvalue weighted by Crippen LogP contribution is 2.45. The van der Waals surface area contributed by atoms with Gasteiger partial charge in [-0.3, -0.25) is 37.3 Å². The van der Waals surface area contributed by atoms with E-state index in [4.69, 9.17) is 37.0 Å². The van der Waals surface area contributed by atoms with Crippen LogP contribution in [0.4, 0.5) is 0 Å². The van der Waals surface area contributed by atoms with E-state index in [9.17, 15) is 43.2 Å². The van der Waals surface area contributed by atoms with Gasteiger partial charge in [-0.2, -0.15) is 0 Å². The molecule has 0 aromatic carbocycles. The van der Waals surface area contributed by atoms with Crippen molar-refractivity contribution in [2.75, 3.05) is 39.6 Å². The zero-order chi connectivity index (χ0) is 74.2. The van der Waals surface area contributed by atoms with Crippen LogP contribution in [0.5, 0.6) is 0 Å². The molecule has 0 aliphatic carbocycles. The fraction of sp³-hybridized carbons (Fsp3) is 0.951. The quantitative estimate of drug-likeness (QED) is 0.0222. The number of carbonyl (C=O) groups is 4. The van der Waals surface area contributed by atoms with Crippen LogP contribution in [0.25, 0.3) is 0 Å². The molecule has 17 nitrogen and oxygen atoms in total. The number of rotatable bonds is 81. The van der Waals surface area contributed by atoms with Gasteiger partial charge in [-0.1, -0.05) is 382 Å². The minimum atomic E-state index is -4.96. The van der Waals surface area contributed by atoms with Gasteiger partial charge >= 0.3 is 39.5 Å². The summed E-state index contributed by atoms with van der Waals surface area (Å²) in [6, 6.07) is 0. The fourth-order valence-electron chi connectivity index (χ4n) is 12.7. The Kier molecular flexibility index (Phi) is 72.2. The Hall–Kier alpha value is -1.94. The minimum Gasteiger partial charge on any atom is -0.462 e. The van der Waals surface area contributed by atoms with Crippen LogP contribution in [0.15, 0.2) is 0 Å². The predicted octanol–water partition coefficient (Wildman–Crippen LogP) is 24.7. The molecular weight excluding hydrogens is 1320 g/mol. The Balaban J connectivity index is 5.23. The number of aliphatic hydroxyl groups is 1.